The highest BCUT2D eigenvalue weighted by Gasteiger charge is 2.72. The van der Waals surface area contributed by atoms with Gasteiger partial charge in [-0.25, -0.2) is 0 Å². The minimum Gasteiger partial charge on any atom is -0.469 e. The summed E-state index contributed by atoms with van der Waals surface area (Å²) in [6.07, 6.45) is 10.1. The molecule has 5 aliphatic rings. The average Bonchev–Trinajstić information content (AvgIpc) is 3.37. The van der Waals surface area contributed by atoms with E-state index in [0.29, 0.717) is 12.2 Å². The van der Waals surface area contributed by atoms with Gasteiger partial charge < -0.3 is 14.0 Å². The van der Waals surface area contributed by atoms with Crippen LogP contribution in [0.25, 0.3) is 0 Å². The molecule has 0 aromatic carbocycles. The van der Waals surface area contributed by atoms with Crippen LogP contribution in [0.15, 0.2) is 22.4 Å². The molecule has 3 fully saturated rings. The Morgan fingerprint density at radius 1 is 0.950 bits per heavy atom. The molecular weight excluding hydrogens is 506 g/mol. The van der Waals surface area contributed by atoms with Crippen molar-refractivity contribution in [2.75, 3.05) is 14.2 Å². The minimum atomic E-state index is -0.990. The van der Waals surface area contributed by atoms with Crippen molar-refractivity contribution < 1.29 is 28.4 Å². The Morgan fingerprint density at radius 3 is 2.30 bits per heavy atom. The molecule has 1 aromatic rings. The third-order valence-electron chi connectivity index (χ3n) is 13.2. The quantitative estimate of drug-likeness (QED) is 0.416. The zero-order chi connectivity index (χ0) is 29.1. The summed E-state index contributed by atoms with van der Waals surface area (Å²) in [4.78, 5) is 41.5. The lowest BCUT2D eigenvalue weighted by Crippen LogP contribution is -2.66. The summed E-state index contributed by atoms with van der Waals surface area (Å²) in [6, 6.07) is 0. The topological polar surface area (TPSA) is 95.7 Å². The number of carbonyl (C=O) groups excluding carboxylic acids is 3. The molecule has 0 saturated heterocycles. The van der Waals surface area contributed by atoms with Crippen LogP contribution in [0.3, 0.4) is 0 Å². The first-order chi connectivity index (χ1) is 18.6. The maximum atomic E-state index is 14.6. The van der Waals surface area contributed by atoms with Crippen LogP contribution in [0.2, 0.25) is 0 Å². The number of carbonyl (C=O) groups is 3. The Morgan fingerprint density at radius 2 is 1.62 bits per heavy atom. The fourth-order valence-electron chi connectivity index (χ4n) is 11.0. The van der Waals surface area contributed by atoms with Crippen molar-refractivity contribution in [1.82, 2.24) is 5.16 Å². The summed E-state index contributed by atoms with van der Waals surface area (Å²) in [6.45, 7) is 13.4. The number of methoxy groups -OCH3 is 2. The highest BCUT2D eigenvalue weighted by atomic mass is 16.5. The molecule has 218 valence electrons. The van der Waals surface area contributed by atoms with Crippen LogP contribution in [0.1, 0.15) is 97.8 Å². The van der Waals surface area contributed by atoms with Gasteiger partial charge in [-0.2, -0.15) is 0 Å². The van der Waals surface area contributed by atoms with Gasteiger partial charge in [0.05, 0.1) is 25.8 Å². The Labute approximate surface area is 237 Å². The zero-order valence-electron chi connectivity index (χ0n) is 25.4. The van der Waals surface area contributed by atoms with Crippen LogP contribution in [0, 0.1) is 44.8 Å². The van der Waals surface area contributed by atoms with Gasteiger partial charge in [0, 0.05) is 11.5 Å². The van der Waals surface area contributed by atoms with E-state index < -0.39 is 16.2 Å². The van der Waals surface area contributed by atoms with Crippen LogP contribution < -0.4 is 0 Å². The van der Waals surface area contributed by atoms with E-state index in [1.165, 1.54) is 14.2 Å². The summed E-state index contributed by atoms with van der Waals surface area (Å²) < 4.78 is 16.5. The molecule has 1 heterocycles. The van der Waals surface area contributed by atoms with Gasteiger partial charge >= 0.3 is 11.9 Å². The van der Waals surface area contributed by atoms with Crippen LogP contribution in [-0.4, -0.2) is 37.1 Å². The van der Waals surface area contributed by atoms with Gasteiger partial charge in [-0.3, -0.25) is 14.4 Å². The molecule has 1 unspecified atom stereocenters. The lowest BCUT2D eigenvalue weighted by Gasteiger charge is -2.69. The molecule has 0 aliphatic heterocycles. The molecule has 6 rings (SSSR count). The second-order valence-electron chi connectivity index (χ2n) is 15.4. The molecule has 7 nitrogen and oxygen atoms in total. The molecule has 5 aliphatic carbocycles. The van der Waals surface area contributed by atoms with E-state index in [9.17, 15) is 14.4 Å². The van der Waals surface area contributed by atoms with E-state index in [1.54, 1.807) is 6.20 Å². The number of fused-ring (bicyclic) bond motifs is 8. The lowest BCUT2D eigenvalue weighted by molar-refractivity contribution is -0.192. The number of esters is 2. The standard InChI is InChI=1S/C33H45NO6/c1-28(2)11-13-33(27(37)39-8)14-12-31(5)24(20(33)17-28)21(35)15-23-29(3)16-19-18-34-40-25(19)32(6,26(36)38-7)22(29)9-10-30(23,31)4/h15,18,20,22,24H,9-14,16-17H2,1-8H3/t20-,22?,24-,29-,30+,31+,32-,33-/m0/s1. The molecule has 8 atom stereocenters. The second-order valence-corrected chi connectivity index (χ2v) is 15.4. The smallest absolute Gasteiger partial charge is 0.319 e. The molecule has 0 spiro atoms. The second kappa shape index (κ2) is 8.32. The third-order valence-corrected chi connectivity index (χ3v) is 13.2. The van der Waals surface area contributed by atoms with E-state index in [2.05, 4.69) is 39.8 Å². The molecule has 0 bridgehead atoms. The molecule has 0 N–H and O–H groups in total. The zero-order valence-corrected chi connectivity index (χ0v) is 25.4. The molecule has 0 amide bonds. The van der Waals surface area contributed by atoms with Crippen molar-refractivity contribution in [2.45, 2.75) is 98.3 Å². The number of nitrogens with zero attached hydrogens (tertiary/aromatic N) is 1. The number of hydrogen-bond acceptors (Lipinski definition) is 7. The van der Waals surface area contributed by atoms with Gasteiger partial charge in [0.1, 0.15) is 5.41 Å². The summed E-state index contributed by atoms with van der Waals surface area (Å²) in [7, 11) is 2.92. The van der Waals surface area contributed by atoms with E-state index >= 15 is 0 Å². The predicted molar refractivity (Wildman–Crippen MR) is 148 cm³/mol. The maximum absolute atomic E-state index is 14.6. The van der Waals surface area contributed by atoms with Crippen molar-refractivity contribution in [1.29, 1.82) is 0 Å². The van der Waals surface area contributed by atoms with E-state index in [4.69, 9.17) is 14.0 Å². The number of aromatic nitrogens is 1. The number of rotatable bonds is 2. The molecular formula is C33H45NO6. The number of allylic oxidation sites excluding steroid dienone is 2. The van der Waals surface area contributed by atoms with E-state index in [-0.39, 0.29) is 51.7 Å². The van der Waals surface area contributed by atoms with Crippen LogP contribution in [0.4, 0.5) is 0 Å². The van der Waals surface area contributed by atoms with Crippen molar-refractivity contribution in [3.63, 3.8) is 0 Å². The Kier molecular flexibility index (Phi) is 5.76. The van der Waals surface area contributed by atoms with Crippen molar-refractivity contribution in [3.8, 4) is 0 Å². The monoisotopic (exact) mass is 551 g/mol. The van der Waals surface area contributed by atoms with E-state index in [1.807, 2.05) is 13.0 Å². The lowest BCUT2D eigenvalue weighted by atomic mass is 9.34. The Bertz CT molecular complexity index is 1330. The van der Waals surface area contributed by atoms with Gasteiger partial charge in [-0.1, -0.05) is 45.3 Å². The van der Waals surface area contributed by atoms with Crippen molar-refractivity contribution in [2.24, 2.45) is 44.8 Å². The van der Waals surface area contributed by atoms with Gasteiger partial charge in [-0.05, 0) is 97.9 Å². The largest absolute Gasteiger partial charge is 0.469 e. The van der Waals surface area contributed by atoms with Crippen molar-refractivity contribution in [3.05, 3.63) is 29.2 Å². The van der Waals surface area contributed by atoms with Crippen LogP contribution in [0.5, 0.6) is 0 Å². The van der Waals surface area contributed by atoms with E-state index in [0.717, 1.165) is 56.1 Å². The fraction of sp³-hybridized carbons (Fsp3) is 0.758. The maximum Gasteiger partial charge on any atom is 0.319 e. The molecule has 40 heavy (non-hydrogen) atoms. The van der Waals surface area contributed by atoms with Crippen LogP contribution in [-0.2, 0) is 35.7 Å². The Balaban J connectivity index is 1.52. The van der Waals surface area contributed by atoms with Crippen LogP contribution >= 0.6 is 0 Å². The average molecular weight is 552 g/mol. The molecule has 3 saturated carbocycles. The predicted octanol–water partition coefficient (Wildman–Crippen LogP) is 6.00. The Hall–Kier alpha value is -2.44. The minimum absolute atomic E-state index is 0.0496. The summed E-state index contributed by atoms with van der Waals surface area (Å²) in [5, 5.41) is 4.10. The van der Waals surface area contributed by atoms with Gasteiger partial charge in [-0.15, -0.1) is 0 Å². The highest BCUT2D eigenvalue weighted by molar-refractivity contribution is 5.96. The third kappa shape index (κ3) is 3.13. The SMILES string of the molecule is COC(=O)[C@]12CCC(C)(C)C[C@H]1[C@H]1C(=O)C=C3[C@@]4(C)Cc5cnoc5[C@@](C)(C(=O)OC)C4CC[C@@]3(C)[C@]1(C)CC2. The molecule has 7 heteroatoms. The summed E-state index contributed by atoms with van der Waals surface area (Å²) in [5.74, 6) is -0.0967. The first-order valence-corrected chi connectivity index (χ1v) is 15.0. The van der Waals surface area contributed by atoms with Gasteiger partial charge in [0.25, 0.3) is 0 Å². The summed E-state index contributed by atoms with van der Waals surface area (Å²) >= 11 is 0. The fourth-order valence-corrected chi connectivity index (χ4v) is 11.0. The first kappa shape index (κ1) is 27.7. The normalized spacial score (nSPS) is 45.0. The summed E-state index contributed by atoms with van der Waals surface area (Å²) in [5.41, 5.74) is -0.468. The molecule has 0 radical (unpaired) electrons. The molecule has 1 aromatic heterocycles. The number of ether oxygens (including phenoxy) is 2. The highest BCUT2D eigenvalue weighted by Crippen LogP contribution is 2.75. The first-order valence-electron chi connectivity index (χ1n) is 15.0. The number of hydrogen-bond donors (Lipinski definition) is 0. The van der Waals surface area contributed by atoms with Gasteiger partial charge in [0.15, 0.2) is 11.5 Å². The van der Waals surface area contributed by atoms with Crippen molar-refractivity contribution >= 4 is 17.7 Å². The van der Waals surface area contributed by atoms with Gasteiger partial charge in [0.2, 0.25) is 0 Å². The number of ketones is 1.